The fraction of sp³-hybridized carbons (Fsp3) is 0.333. The van der Waals surface area contributed by atoms with Crippen molar-refractivity contribution in [2.45, 2.75) is 27.2 Å². The number of amides is 1. The van der Waals surface area contributed by atoms with E-state index < -0.39 is 0 Å². The zero-order chi connectivity index (χ0) is 19.6. The van der Waals surface area contributed by atoms with E-state index in [1.165, 1.54) is 6.21 Å². The number of carbonyl (C=O) groups is 1. The zero-order valence-electron chi connectivity index (χ0n) is 16.2. The molecule has 0 aliphatic carbocycles. The summed E-state index contributed by atoms with van der Waals surface area (Å²) in [5, 5.41) is 6.67. The number of nitrogens with zero attached hydrogens (tertiary/aromatic N) is 1. The van der Waals surface area contributed by atoms with Crippen LogP contribution in [0.15, 0.2) is 41.6 Å². The van der Waals surface area contributed by atoms with Crippen molar-refractivity contribution < 1.29 is 19.1 Å². The highest BCUT2D eigenvalue weighted by atomic mass is 16.6. The molecular formula is C21H26N2O4. The Balaban J connectivity index is 1.88. The molecule has 0 saturated heterocycles. The van der Waals surface area contributed by atoms with Crippen molar-refractivity contribution >= 4 is 17.8 Å². The maximum atomic E-state index is 12.0. The Morgan fingerprint density at radius 3 is 2.74 bits per heavy atom. The first-order chi connectivity index (χ1) is 13.0. The topological polar surface area (TPSA) is 69.2 Å². The minimum atomic E-state index is -0.262. The van der Waals surface area contributed by atoms with Crippen LogP contribution in [-0.2, 0) is 9.63 Å². The van der Waals surface area contributed by atoms with Crippen LogP contribution in [0.3, 0.4) is 0 Å². The highest BCUT2D eigenvalue weighted by Crippen LogP contribution is 2.27. The molecule has 144 valence electrons. The monoisotopic (exact) mass is 370 g/mol. The van der Waals surface area contributed by atoms with Gasteiger partial charge in [-0.05, 0) is 55.7 Å². The highest BCUT2D eigenvalue weighted by molar-refractivity contribution is 5.92. The molecule has 6 heteroatoms. The van der Waals surface area contributed by atoms with Gasteiger partial charge in [0.1, 0.15) is 0 Å². The van der Waals surface area contributed by atoms with Crippen LogP contribution in [0.2, 0.25) is 0 Å². The first-order valence-electron chi connectivity index (χ1n) is 8.87. The van der Waals surface area contributed by atoms with Crippen LogP contribution >= 0.6 is 0 Å². The van der Waals surface area contributed by atoms with E-state index in [4.69, 9.17) is 14.3 Å². The minimum Gasteiger partial charge on any atom is -0.493 e. The molecular weight excluding hydrogens is 344 g/mol. The second-order valence-electron chi connectivity index (χ2n) is 6.06. The molecule has 0 aliphatic rings. The van der Waals surface area contributed by atoms with Crippen LogP contribution in [-0.4, -0.2) is 32.4 Å². The first kappa shape index (κ1) is 20.3. The largest absolute Gasteiger partial charge is 0.493 e. The number of nitrogens with one attached hydrogen (secondary N) is 1. The predicted octanol–water partition coefficient (Wildman–Crippen LogP) is 4.09. The molecule has 0 radical (unpaired) electrons. The van der Waals surface area contributed by atoms with Crippen LogP contribution in [0.4, 0.5) is 5.69 Å². The van der Waals surface area contributed by atoms with E-state index in [9.17, 15) is 4.79 Å². The summed E-state index contributed by atoms with van der Waals surface area (Å²) >= 11 is 0. The molecule has 0 aliphatic heterocycles. The van der Waals surface area contributed by atoms with Gasteiger partial charge in [0.05, 0.1) is 19.9 Å². The molecule has 0 spiro atoms. The third-order valence-corrected chi connectivity index (χ3v) is 4.00. The number of anilines is 1. The van der Waals surface area contributed by atoms with Gasteiger partial charge >= 0.3 is 0 Å². The predicted molar refractivity (Wildman–Crippen MR) is 107 cm³/mol. The van der Waals surface area contributed by atoms with E-state index in [0.717, 1.165) is 28.8 Å². The van der Waals surface area contributed by atoms with E-state index in [0.29, 0.717) is 18.1 Å². The number of rotatable bonds is 9. The number of hydrogen-bond acceptors (Lipinski definition) is 5. The molecule has 2 aromatic rings. The summed E-state index contributed by atoms with van der Waals surface area (Å²) in [6.07, 6.45) is 2.45. The number of benzene rings is 2. The summed E-state index contributed by atoms with van der Waals surface area (Å²) in [5.41, 5.74) is 3.71. The molecule has 0 aromatic heterocycles. The number of aryl methyl sites for hydroxylation is 1. The molecule has 27 heavy (non-hydrogen) atoms. The van der Waals surface area contributed by atoms with Crippen LogP contribution in [0.5, 0.6) is 11.5 Å². The van der Waals surface area contributed by atoms with Crippen molar-refractivity contribution in [1.29, 1.82) is 0 Å². The summed E-state index contributed by atoms with van der Waals surface area (Å²) in [6, 6.07) is 11.2. The Labute approximate surface area is 160 Å². The van der Waals surface area contributed by atoms with Gasteiger partial charge in [-0.2, -0.15) is 0 Å². The van der Waals surface area contributed by atoms with Crippen molar-refractivity contribution in [3.05, 3.63) is 53.1 Å². The van der Waals surface area contributed by atoms with Crippen molar-refractivity contribution in [2.24, 2.45) is 5.16 Å². The third-order valence-electron chi connectivity index (χ3n) is 4.00. The third kappa shape index (κ3) is 6.02. The normalized spacial score (nSPS) is 10.7. The zero-order valence-corrected chi connectivity index (χ0v) is 16.2. The van der Waals surface area contributed by atoms with E-state index in [1.807, 2.05) is 51.1 Å². The molecule has 1 amide bonds. The molecule has 0 heterocycles. The molecule has 1 N–H and O–H groups in total. The highest BCUT2D eigenvalue weighted by Gasteiger charge is 2.07. The number of oxime groups is 1. The van der Waals surface area contributed by atoms with Gasteiger partial charge in [0.2, 0.25) is 0 Å². The van der Waals surface area contributed by atoms with Gasteiger partial charge in [-0.25, -0.2) is 0 Å². The summed E-state index contributed by atoms with van der Waals surface area (Å²) in [4.78, 5) is 17.1. The van der Waals surface area contributed by atoms with Gasteiger partial charge < -0.3 is 19.6 Å². The molecule has 0 unspecified atom stereocenters. The SMILES string of the molecule is CCCOc1ccc(C=NOCC(=O)Nc2cccc(C)c2C)cc1OC. The van der Waals surface area contributed by atoms with E-state index in [-0.39, 0.29) is 12.5 Å². The maximum absolute atomic E-state index is 12.0. The number of carbonyl (C=O) groups excluding carboxylic acids is 1. The lowest BCUT2D eigenvalue weighted by Crippen LogP contribution is -2.17. The average molecular weight is 370 g/mol. The van der Waals surface area contributed by atoms with Gasteiger partial charge in [0.15, 0.2) is 18.1 Å². The Kier molecular flexibility index (Phi) is 7.67. The fourth-order valence-corrected chi connectivity index (χ4v) is 2.36. The summed E-state index contributed by atoms with van der Waals surface area (Å²) < 4.78 is 10.9. The van der Waals surface area contributed by atoms with Crippen molar-refractivity contribution in [3.8, 4) is 11.5 Å². The lowest BCUT2D eigenvalue weighted by atomic mass is 10.1. The van der Waals surface area contributed by atoms with Crippen LogP contribution in [0, 0.1) is 13.8 Å². The van der Waals surface area contributed by atoms with E-state index in [1.54, 1.807) is 13.2 Å². The molecule has 0 saturated carbocycles. The van der Waals surface area contributed by atoms with Gasteiger partial charge in [-0.1, -0.05) is 24.2 Å². The summed E-state index contributed by atoms with van der Waals surface area (Å²) in [7, 11) is 1.59. The van der Waals surface area contributed by atoms with Crippen LogP contribution in [0.25, 0.3) is 0 Å². The van der Waals surface area contributed by atoms with Crippen molar-refractivity contribution in [2.75, 3.05) is 25.6 Å². The van der Waals surface area contributed by atoms with Gasteiger partial charge in [-0.15, -0.1) is 0 Å². The van der Waals surface area contributed by atoms with Gasteiger partial charge in [0, 0.05) is 11.3 Å². The number of ether oxygens (including phenoxy) is 2. The molecule has 0 bridgehead atoms. The van der Waals surface area contributed by atoms with Crippen LogP contribution < -0.4 is 14.8 Å². The second-order valence-corrected chi connectivity index (χ2v) is 6.06. The molecule has 0 fully saturated rings. The van der Waals surface area contributed by atoms with E-state index in [2.05, 4.69) is 10.5 Å². The van der Waals surface area contributed by atoms with Gasteiger partial charge in [-0.3, -0.25) is 4.79 Å². The van der Waals surface area contributed by atoms with Gasteiger partial charge in [0.25, 0.3) is 5.91 Å². The lowest BCUT2D eigenvalue weighted by molar-refractivity contribution is -0.120. The van der Waals surface area contributed by atoms with Crippen molar-refractivity contribution in [3.63, 3.8) is 0 Å². The molecule has 6 nitrogen and oxygen atoms in total. The van der Waals surface area contributed by atoms with Crippen LogP contribution in [0.1, 0.15) is 30.0 Å². The standard InChI is InChI=1S/C21H26N2O4/c1-5-11-26-19-10-9-17(12-20(19)25-4)13-22-27-14-21(24)23-18-8-6-7-15(2)16(18)3/h6-10,12-13H,5,11,14H2,1-4H3,(H,23,24). The summed E-state index contributed by atoms with van der Waals surface area (Å²) in [6.45, 7) is 6.46. The average Bonchev–Trinajstić information content (AvgIpc) is 2.67. The van der Waals surface area contributed by atoms with E-state index >= 15 is 0 Å². The number of hydrogen-bond donors (Lipinski definition) is 1. The quantitative estimate of drug-likeness (QED) is 0.533. The number of methoxy groups -OCH3 is 1. The smallest absolute Gasteiger partial charge is 0.265 e. The van der Waals surface area contributed by atoms with Crippen molar-refractivity contribution in [1.82, 2.24) is 0 Å². The molecule has 0 atom stereocenters. The molecule has 2 rings (SSSR count). The minimum absolute atomic E-state index is 0.168. The Hall–Kier alpha value is -3.02. The first-order valence-corrected chi connectivity index (χ1v) is 8.87. The Bertz CT molecular complexity index is 803. The maximum Gasteiger partial charge on any atom is 0.265 e. The fourth-order valence-electron chi connectivity index (χ4n) is 2.36. The molecule has 2 aromatic carbocycles. The Morgan fingerprint density at radius 1 is 1.19 bits per heavy atom. The summed E-state index contributed by atoms with van der Waals surface area (Å²) in [5.74, 6) is 1.05. The lowest BCUT2D eigenvalue weighted by Gasteiger charge is -2.10. The Morgan fingerprint density at radius 2 is 2.00 bits per heavy atom. The second kappa shape index (κ2) is 10.2.